The Hall–Kier alpha value is -2.47. The molecule has 0 aliphatic heterocycles. The van der Waals surface area contributed by atoms with Gasteiger partial charge in [0.25, 0.3) is 0 Å². The highest BCUT2D eigenvalue weighted by Crippen LogP contribution is 2.29. The fraction of sp³-hybridized carbons (Fsp3) is 0.150. The highest BCUT2D eigenvalue weighted by Gasteiger charge is 2.12. The molecule has 2 heterocycles. The highest BCUT2D eigenvalue weighted by atomic mass is 32.1. The van der Waals surface area contributed by atoms with E-state index in [1.807, 2.05) is 36.5 Å². The first-order valence-electron chi connectivity index (χ1n) is 8.26. The molecule has 2 aromatic carbocycles. The van der Waals surface area contributed by atoms with E-state index in [-0.39, 0.29) is 0 Å². The van der Waals surface area contributed by atoms with E-state index < -0.39 is 6.10 Å². The number of fused-ring (bicyclic) bond motifs is 1. The lowest BCUT2D eigenvalue weighted by molar-refractivity contribution is 0.178. The molecular weight excluding hydrogens is 330 g/mol. The molecule has 5 heteroatoms. The van der Waals surface area contributed by atoms with E-state index in [9.17, 15) is 5.11 Å². The first-order valence-corrected chi connectivity index (χ1v) is 9.08. The van der Waals surface area contributed by atoms with Crippen molar-refractivity contribution >= 4 is 21.4 Å². The number of thiophene rings is 1. The van der Waals surface area contributed by atoms with Crippen molar-refractivity contribution in [1.29, 1.82) is 0 Å². The summed E-state index contributed by atoms with van der Waals surface area (Å²) in [6.07, 6.45) is 1.32. The number of nitrogens with zero attached hydrogens (tertiary/aromatic N) is 1. The van der Waals surface area contributed by atoms with Crippen molar-refractivity contribution < 1.29 is 5.11 Å². The monoisotopic (exact) mass is 349 g/mol. The van der Waals surface area contributed by atoms with E-state index in [0.29, 0.717) is 13.1 Å². The van der Waals surface area contributed by atoms with Gasteiger partial charge in [-0.25, -0.2) is 0 Å². The van der Waals surface area contributed by atoms with Crippen molar-refractivity contribution in [3.05, 3.63) is 77.3 Å². The summed E-state index contributed by atoms with van der Waals surface area (Å²) in [6, 6.07) is 20.4. The van der Waals surface area contributed by atoms with E-state index >= 15 is 0 Å². The number of nitrogens with one attached hydrogen (secondary N) is 2. The lowest BCUT2D eigenvalue weighted by Crippen LogP contribution is -2.20. The van der Waals surface area contributed by atoms with Gasteiger partial charge >= 0.3 is 0 Å². The SMILES string of the molecule is OC(CNCc1cn[nH]c1-c1ccccc1)c1cc2ccccc2s1. The molecule has 0 saturated heterocycles. The summed E-state index contributed by atoms with van der Waals surface area (Å²) in [7, 11) is 0. The molecule has 1 unspecified atom stereocenters. The van der Waals surface area contributed by atoms with Gasteiger partial charge in [-0.05, 0) is 23.1 Å². The largest absolute Gasteiger partial charge is 0.386 e. The Bertz CT molecular complexity index is 928. The molecule has 4 nitrogen and oxygen atoms in total. The van der Waals surface area contributed by atoms with Crippen molar-refractivity contribution in [2.45, 2.75) is 12.6 Å². The van der Waals surface area contributed by atoms with Crippen molar-refractivity contribution in [2.24, 2.45) is 0 Å². The zero-order valence-electron chi connectivity index (χ0n) is 13.6. The van der Waals surface area contributed by atoms with Gasteiger partial charge in [0.15, 0.2) is 0 Å². The van der Waals surface area contributed by atoms with Crippen LogP contribution in [0.2, 0.25) is 0 Å². The molecule has 0 bridgehead atoms. The summed E-state index contributed by atoms with van der Waals surface area (Å²) in [5.74, 6) is 0. The number of H-pyrrole nitrogens is 1. The van der Waals surface area contributed by atoms with Crippen LogP contribution in [-0.2, 0) is 6.54 Å². The van der Waals surface area contributed by atoms with Gasteiger partial charge in [0.2, 0.25) is 0 Å². The lowest BCUT2D eigenvalue weighted by atomic mass is 10.1. The molecule has 0 radical (unpaired) electrons. The minimum absolute atomic E-state index is 0.506. The zero-order chi connectivity index (χ0) is 17.1. The Morgan fingerprint density at radius 1 is 1.08 bits per heavy atom. The van der Waals surface area contributed by atoms with Crippen LogP contribution in [-0.4, -0.2) is 21.8 Å². The minimum Gasteiger partial charge on any atom is -0.386 e. The van der Waals surface area contributed by atoms with Gasteiger partial charge in [-0.1, -0.05) is 48.5 Å². The normalized spacial score (nSPS) is 12.5. The number of aliphatic hydroxyl groups excluding tert-OH is 1. The van der Waals surface area contributed by atoms with Crippen LogP contribution in [0.15, 0.2) is 66.9 Å². The summed E-state index contributed by atoms with van der Waals surface area (Å²) in [6.45, 7) is 1.16. The summed E-state index contributed by atoms with van der Waals surface area (Å²) in [5, 5.41) is 22.2. The maximum absolute atomic E-state index is 10.5. The minimum atomic E-state index is -0.510. The van der Waals surface area contributed by atoms with Gasteiger partial charge in [0, 0.05) is 28.2 Å². The molecule has 0 saturated carbocycles. The number of hydrogen-bond acceptors (Lipinski definition) is 4. The lowest BCUT2D eigenvalue weighted by Gasteiger charge is -2.10. The van der Waals surface area contributed by atoms with Crippen LogP contribution in [0, 0.1) is 0 Å². The van der Waals surface area contributed by atoms with Crippen LogP contribution in [0.3, 0.4) is 0 Å². The summed E-state index contributed by atoms with van der Waals surface area (Å²) >= 11 is 1.64. The molecule has 4 aromatic rings. The summed E-state index contributed by atoms with van der Waals surface area (Å²) in [4.78, 5) is 0.990. The van der Waals surface area contributed by atoms with Gasteiger partial charge in [0.1, 0.15) is 6.10 Å². The molecule has 0 aliphatic carbocycles. The molecule has 0 aliphatic rings. The Labute approximate surface area is 150 Å². The number of rotatable bonds is 6. The Morgan fingerprint density at radius 3 is 2.72 bits per heavy atom. The van der Waals surface area contributed by atoms with Crippen LogP contribution < -0.4 is 5.32 Å². The van der Waals surface area contributed by atoms with Crippen molar-refractivity contribution in [3.63, 3.8) is 0 Å². The Morgan fingerprint density at radius 2 is 1.88 bits per heavy atom. The van der Waals surface area contributed by atoms with E-state index in [1.54, 1.807) is 11.3 Å². The van der Waals surface area contributed by atoms with Gasteiger partial charge in [-0.2, -0.15) is 5.10 Å². The predicted octanol–water partition coefficient (Wildman–Crippen LogP) is 4.11. The van der Waals surface area contributed by atoms with Crippen molar-refractivity contribution in [2.75, 3.05) is 6.54 Å². The third kappa shape index (κ3) is 3.49. The van der Waals surface area contributed by atoms with E-state index in [2.05, 4.69) is 45.8 Å². The van der Waals surface area contributed by atoms with Crippen LogP contribution in [0.25, 0.3) is 21.3 Å². The fourth-order valence-corrected chi connectivity index (χ4v) is 3.96. The topological polar surface area (TPSA) is 60.9 Å². The maximum atomic E-state index is 10.5. The molecule has 2 aromatic heterocycles. The second-order valence-corrected chi connectivity index (χ2v) is 7.08. The van der Waals surface area contributed by atoms with Crippen molar-refractivity contribution in [3.8, 4) is 11.3 Å². The third-order valence-electron chi connectivity index (χ3n) is 4.21. The second-order valence-electron chi connectivity index (χ2n) is 5.97. The van der Waals surface area contributed by atoms with Crippen LogP contribution in [0.5, 0.6) is 0 Å². The maximum Gasteiger partial charge on any atom is 0.101 e. The number of aromatic amines is 1. The second kappa shape index (κ2) is 7.19. The summed E-state index contributed by atoms with van der Waals surface area (Å²) in [5.41, 5.74) is 3.22. The average molecular weight is 349 g/mol. The first kappa shape index (κ1) is 16.0. The fourth-order valence-electron chi connectivity index (χ4n) is 2.91. The molecule has 0 amide bonds. The number of benzene rings is 2. The van der Waals surface area contributed by atoms with Gasteiger partial charge < -0.3 is 10.4 Å². The van der Waals surface area contributed by atoms with E-state index in [4.69, 9.17) is 0 Å². The van der Waals surface area contributed by atoms with Gasteiger partial charge in [-0.15, -0.1) is 11.3 Å². The van der Waals surface area contributed by atoms with Gasteiger partial charge in [-0.3, -0.25) is 5.10 Å². The highest BCUT2D eigenvalue weighted by molar-refractivity contribution is 7.19. The van der Waals surface area contributed by atoms with Crippen molar-refractivity contribution in [1.82, 2.24) is 15.5 Å². The number of aromatic nitrogens is 2. The first-order chi connectivity index (χ1) is 12.3. The average Bonchev–Trinajstić information content (AvgIpc) is 3.29. The van der Waals surface area contributed by atoms with Crippen LogP contribution >= 0.6 is 11.3 Å². The Balaban J connectivity index is 1.40. The standard InChI is InChI=1S/C20H19N3OS/c24-17(19-10-15-8-4-5-9-18(15)25-19)13-21-11-16-12-22-23-20(16)14-6-2-1-3-7-14/h1-10,12,17,21,24H,11,13H2,(H,22,23). The van der Waals surface area contributed by atoms with Crippen LogP contribution in [0.1, 0.15) is 16.5 Å². The zero-order valence-corrected chi connectivity index (χ0v) is 14.5. The smallest absolute Gasteiger partial charge is 0.101 e. The van der Waals surface area contributed by atoms with Gasteiger partial charge in [0.05, 0.1) is 11.9 Å². The number of aliphatic hydroxyl groups is 1. The molecule has 0 fully saturated rings. The Kier molecular flexibility index (Phi) is 4.61. The quantitative estimate of drug-likeness (QED) is 0.491. The number of hydrogen-bond donors (Lipinski definition) is 3. The molecule has 3 N–H and O–H groups in total. The van der Waals surface area contributed by atoms with Crippen LogP contribution in [0.4, 0.5) is 0 Å². The predicted molar refractivity (Wildman–Crippen MR) is 103 cm³/mol. The molecular formula is C20H19N3OS. The third-order valence-corrected chi connectivity index (χ3v) is 5.42. The molecule has 25 heavy (non-hydrogen) atoms. The molecule has 4 rings (SSSR count). The molecule has 126 valence electrons. The van der Waals surface area contributed by atoms with E-state index in [1.165, 1.54) is 10.1 Å². The molecule has 0 spiro atoms. The summed E-state index contributed by atoms with van der Waals surface area (Å²) < 4.78 is 1.21. The van der Waals surface area contributed by atoms with E-state index in [0.717, 1.165) is 21.7 Å². The molecule has 1 atom stereocenters.